The van der Waals surface area contributed by atoms with Crippen LogP contribution in [0.15, 0.2) is 48.7 Å². The SMILES string of the molecule is O=C(/C=C/c1ccc2c(c1)OCO2)NCCc1ccccn1. The summed E-state index contributed by atoms with van der Waals surface area (Å²) < 4.78 is 10.5. The lowest BCUT2D eigenvalue weighted by molar-refractivity contribution is -0.116. The Balaban J connectivity index is 1.49. The predicted molar refractivity (Wildman–Crippen MR) is 82.5 cm³/mol. The van der Waals surface area contributed by atoms with Gasteiger partial charge in [0.25, 0.3) is 0 Å². The van der Waals surface area contributed by atoms with Crippen LogP contribution >= 0.6 is 0 Å². The molecule has 22 heavy (non-hydrogen) atoms. The van der Waals surface area contributed by atoms with Crippen LogP contribution in [0.3, 0.4) is 0 Å². The average Bonchev–Trinajstić information content (AvgIpc) is 3.01. The van der Waals surface area contributed by atoms with Crippen molar-refractivity contribution in [2.45, 2.75) is 6.42 Å². The number of nitrogens with one attached hydrogen (secondary N) is 1. The van der Waals surface area contributed by atoms with E-state index in [2.05, 4.69) is 10.3 Å². The van der Waals surface area contributed by atoms with Crippen molar-refractivity contribution in [2.24, 2.45) is 0 Å². The number of fused-ring (bicyclic) bond motifs is 1. The monoisotopic (exact) mass is 296 g/mol. The zero-order chi connectivity index (χ0) is 15.2. The molecule has 1 aromatic heterocycles. The fourth-order valence-corrected chi connectivity index (χ4v) is 2.11. The number of rotatable bonds is 5. The highest BCUT2D eigenvalue weighted by Crippen LogP contribution is 2.32. The Labute approximate surface area is 128 Å². The summed E-state index contributed by atoms with van der Waals surface area (Å²) in [5.41, 5.74) is 1.85. The van der Waals surface area contributed by atoms with E-state index >= 15 is 0 Å². The second-order valence-corrected chi connectivity index (χ2v) is 4.81. The van der Waals surface area contributed by atoms with Gasteiger partial charge in [-0.2, -0.15) is 0 Å². The number of ether oxygens (including phenoxy) is 2. The third-order valence-electron chi connectivity index (χ3n) is 3.23. The minimum Gasteiger partial charge on any atom is -0.454 e. The fraction of sp³-hybridized carbons (Fsp3) is 0.176. The number of amides is 1. The zero-order valence-electron chi connectivity index (χ0n) is 12.0. The largest absolute Gasteiger partial charge is 0.454 e. The fourth-order valence-electron chi connectivity index (χ4n) is 2.11. The van der Waals surface area contributed by atoms with Gasteiger partial charge in [0.15, 0.2) is 11.5 Å². The highest BCUT2D eigenvalue weighted by molar-refractivity contribution is 5.91. The Hall–Kier alpha value is -2.82. The zero-order valence-corrected chi connectivity index (χ0v) is 12.0. The number of hydrogen-bond acceptors (Lipinski definition) is 4. The van der Waals surface area contributed by atoms with Crippen molar-refractivity contribution in [3.8, 4) is 11.5 Å². The first kappa shape index (κ1) is 14.1. The lowest BCUT2D eigenvalue weighted by Gasteiger charge is -2.02. The van der Waals surface area contributed by atoms with Gasteiger partial charge >= 0.3 is 0 Å². The molecule has 0 fully saturated rings. The van der Waals surface area contributed by atoms with Crippen molar-refractivity contribution in [3.63, 3.8) is 0 Å². The van der Waals surface area contributed by atoms with Crippen LogP contribution in [-0.2, 0) is 11.2 Å². The van der Waals surface area contributed by atoms with Gasteiger partial charge in [-0.05, 0) is 35.9 Å². The molecule has 1 aliphatic rings. The van der Waals surface area contributed by atoms with Gasteiger partial charge in [0.2, 0.25) is 12.7 Å². The molecule has 0 saturated heterocycles. The second kappa shape index (κ2) is 6.76. The first-order chi connectivity index (χ1) is 10.8. The van der Waals surface area contributed by atoms with E-state index in [1.54, 1.807) is 12.3 Å². The molecule has 0 radical (unpaired) electrons. The third kappa shape index (κ3) is 3.63. The molecular weight excluding hydrogens is 280 g/mol. The molecule has 0 saturated carbocycles. The van der Waals surface area contributed by atoms with Gasteiger partial charge in [-0.15, -0.1) is 0 Å². The van der Waals surface area contributed by atoms with E-state index in [0.717, 1.165) is 17.0 Å². The van der Waals surface area contributed by atoms with Gasteiger partial charge in [0.1, 0.15) is 0 Å². The van der Waals surface area contributed by atoms with Crippen LogP contribution in [0.5, 0.6) is 11.5 Å². The summed E-state index contributed by atoms with van der Waals surface area (Å²) in [7, 11) is 0. The van der Waals surface area contributed by atoms with E-state index in [1.807, 2.05) is 36.4 Å². The van der Waals surface area contributed by atoms with Crippen LogP contribution in [0.1, 0.15) is 11.3 Å². The molecule has 5 nitrogen and oxygen atoms in total. The van der Waals surface area contributed by atoms with E-state index in [4.69, 9.17) is 9.47 Å². The van der Waals surface area contributed by atoms with E-state index < -0.39 is 0 Å². The Bertz CT molecular complexity index is 684. The van der Waals surface area contributed by atoms with Crippen molar-refractivity contribution < 1.29 is 14.3 Å². The average molecular weight is 296 g/mol. The first-order valence-corrected chi connectivity index (χ1v) is 7.07. The summed E-state index contributed by atoms with van der Waals surface area (Å²) in [6.45, 7) is 0.803. The number of nitrogens with zero attached hydrogens (tertiary/aromatic N) is 1. The number of benzene rings is 1. The van der Waals surface area contributed by atoms with Crippen molar-refractivity contribution >= 4 is 12.0 Å². The molecular formula is C17H16N2O3. The maximum atomic E-state index is 11.8. The maximum absolute atomic E-state index is 11.8. The Morgan fingerprint density at radius 3 is 3.00 bits per heavy atom. The van der Waals surface area contributed by atoms with Crippen molar-refractivity contribution in [1.29, 1.82) is 0 Å². The quantitative estimate of drug-likeness (QED) is 0.859. The molecule has 1 amide bonds. The predicted octanol–water partition coefficient (Wildman–Crippen LogP) is 2.18. The molecule has 0 aliphatic carbocycles. The van der Waals surface area contributed by atoms with Gasteiger partial charge in [-0.3, -0.25) is 9.78 Å². The molecule has 1 N–H and O–H groups in total. The minimum absolute atomic E-state index is 0.131. The highest BCUT2D eigenvalue weighted by atomic mass is 16.7. The molecule has 0 atom stereocenters. The number of pyridine rings is 1. The molecule has 112 valence electrons. The molecule has 5 heteroatoms. The summed E-state index contributed by atoms with van der Waals surface area (Å²) in [4.78, 5) is 16.0. The lowest BCUT2D eigenvalue weighted by Crippen LogP contribution is -2.23. The smallest absolute Gasteiger partial charge is 0.244 e. The van der Waals surface area contributed by atoms with E-state index in [1.165, 1.54) is 6.08 Å². The van der Waals surface area contributed by atoms with Gasteiger partial charge in [0, 0.05) is 30.9 Å². The Kier molecular flexibility index (Phi) is 4.34. The van der Waals surface area contributed by atoms with Crippen LogP contribution in [-0.4, -0.2) is 24.2 Å². The second-order valence-electron chi connectivity index (χ2n) is 4.81. The van der Waals surface area contributed by atoms with Crippen LogP contribution in [0.25, 0.3) is 6.08 Å². The minimum atomic E-state index is -0.131. The molecule has 1 aromatic carbocycles. The Morgan fingerprint density at radius 1 is 1.23 bits per heavy atom. The normalized spacial score (nSPS) is 12.5. The topological polar surface area (TPSA) is 60.5 Å². The van der Waals surface area contributed by atoms with Crippen molar-refractivity contribution in [3.05, 3.63) is 59.9 Å². The summed E-state index contributed by atoms with van der Waals surface area (Å²) >= 11 is 0. The van der Waals surface area contributed by atoms with Gasteiger partial charge in [-0.25, -0.2) is 0 Å². The van der Waals surface area contributed by atoms with Crippen molar-refractivity contribution in [2.75, 3.05) is 13.3 Å². The number of aromatic nitrogens is 1. The number of carbonyl (C=O) groups excluding carboxylic acids is 1. The standard InChI is InChI=1S/C17H16N2O3/c20-17(19-10-8-14-3-1-2-9-18-14)7-5-13-4-6-15-16(11-13)22-12-21-15/h1-7,9,11H,8,10,12H2,(H,19,20)/b7-5+. The van der Waals surface area contributed by atoms with E-state index in [0.29, 0.717) is 18.7 Å². The van der Waals surface area contributed by atoms with Gasteiger partial charge < -0.3 is 14.8 Å². The summed E-state index contributed by atoms with van der Waals surface area (Å²) in [5, 5.41) is 2.83. The maximum Gasteiger partial charge on any atom is 0.244 e. The molecule has 0 spiro atoms. The lowest BCUT2D eigenvalue weighted by atomic mass is 10.2. The molecule has 2 heterocycles. The van der Waals surface area contributed by atoms with Gasteiger partial charge in [-0.1, -0.05) is 12.1 Å². The van der Waals surface area contributed by atoms with Gasteiger partial charge in [0.05, 0.1) is 0 Å². The van der Waals surface area contributed by atoms with E-state index in [9.17, 15) is 4.79 Å². The molecule has 0 bridgehead atoms. The van der Waals surface area contributed by atoms with Crippen LogP contribution < -0.4 is 14.8 Å². The first-order valence-electron chi connectivity index (χ1n) is 7.07. The molecule has 0 unspecified atom stereocenters. The molecule has 1 aliphatic heterocycles. The Morgan fingerprint density at radius 2 is 2.14 bits per heavy atom. The summed E-state index contributed by atoms with van der Waals surface area (Å²) in [6, 6.07) is 11.3. The van der Waals surface area contributed by atoms with Crippen LogP contribution in [0.4, 0.5) is 0 Å². The third-order valence-corrected chi connectivity index (χ3v) is 3.23. The summed E-state index contributed by atoms with van der Waals surface area (Å²) in [6.07, 6.45) is 5.72. The van der Waals surface area contributed by atoms with Crippen LogP contribution in [0, 0.1) is 0 Å². The number of hydrogen-bond donors (Lipinski definition) is 1. The number of carbonyl (C=O) groups is 1. The van der Waals surface area contributed by atoms with Crippen LogP contribution in [0.2, 0.25) is 0 Å². The highest BCUT2D eigenvalue weighted by Gasteiger charge is 2.12. The summed E-state index contributed by atoms with van der Waals surface area (Å²) in [5.74, 6) is 1.31. The van der Waals surface area contributed by atoms with E-state index in [-0.39, 0.29) is 12.7 Å². The molecule has 3 rings (SSSR count). The van der Waals surface area contributed by atoms with Crippen molar-refractivity contribution in [1.82, 2.24) is 10.3 Å². The molecule has 2 aromatic rings.